The fourth-order valence-electron chi connectivity index (χ4n) is 2.44. The second-order valence-corrected chi connectivity index (χ2v) is 7.99. The quantitative estimate of drug-likeness (QED) is 0.580. The first-order chi connectivity index (χ1) is 13.4. The molecule has 0 aliphatic heterocycles. The standard InChI is InChI=1S/C20H26N2O5S/c1-3-26-15-7-14-21-20(23)16-22(28(2,24)25)17-10-12-19(13-11-17)27-18-8-5-4-6-9-18/h4-6,8-13H,3,7,14-16H2,1-2H3,(H,21,23). The fraction of sp³-hybridized carbons (Fsp3) is 0.350. The summed E-state index contributed by atoms with van der Waals surface area (Å²) in [7, 11) is -3.62. The summed E-state index contributed by atoms with van der Waals surface area (Å²) < 4.78 is 36.3. The molecular formula is C20H26N2O5S. The Labute approximate surface area is 166 Å². The van der Waals surface area contributed by atoms with Crippen LogP contribution in [0.15, 0.2) is 54.6 Å². The van der Waals surface area contributed by atoms with Crippen molar-refractivity contribution in [3.63, 3.8) is 0 Å². The molecule has 0 saturated carbocycles. The van der Waals surface area contributed by atoms with Gasteiger partial charge in [0.1, 0.15) is 18.0 Å². The van der Waals surface area contributed by atoms with Crippen LogP contribution in [0.25, 0.3) is 0 Å². The number of hydrogen-bond acceptors (Lipinski definition) is 5. The van der Waals surface area contributed by atoms with Crippen LogP contribution in [0.1, 0.15) is 13.3 Å². The molecule has 0 aromatic heterocycles. The summed E-state index contributed by atoms with van der Waals surface area (Å²) in [5, 5.41) is 2.71. The molecule has 0 atom stereocenters. The van der Waals surface area contributed by atoms with Crippen LogP contribution in [0, 0.1) is 0 Å². The maximum Gasteiger partial charge on any atom is 0.240 e. The number of carbonyl (C=O) groups excluding carboxylic acids is 1. The normalized spacial score (nSPS) is 11.1. The van der Waals surface area contributed by atoms with Gasteiger partial charge in [-0.3, -0.25) is 9.10 Å². The van der Waals surface area contributed by atoms with E-state index >= 15 is 0 Å². The van der Waals surface area contributed by atoms with Gasteiger partial charge in [0.15, 0.2) is 0 Å². The lowest BCUT2D eigenvalue weighted by molar-refractivity contribution is -0.119. The third-order valence-corrected chi connectivity index (χ3v) is 4.92. The van der Waals surface area contributed by atoms with Gasteiger partial charge in [0.2, 0.25) is 15.9 Å². The van der Waals surface area contributed by atoms with Gasteiger partial charge >= 0.3 is 0 Å². The van der Waals surface area contributed by atoms with Crippen molar-refractivity contribution in [2.45, 2.75) is 13.3 Å². The minimum atomic E-state index is -3.62. The molecule has 7 nitrogen and oxygen atoms in total. The highest BCUT2D eigenvalue weighted by Crippen LogP contribution is 2.25. The lowest BCUT2D eigenvalue weighted by Gasteiger charge is -2.22. The van der Waals surface area contributed by atoms with Crippen molar-refractivity contribution in [3.8, 4) is 11.5 Å². The molecule has 0 unspecified atom stereocenters. The van der Waals surface area contributed by atoms with Crippen LogP contribution >= 0.6 is 0 Å². The highest BCUT2D eigenvalue weighted by atomic mass is 32.2. The van der Waals surface area contributed by atoms with Crippen LogP contribution in [0.4, 0.5) is 5.69 Å². The second-order valence-electron chi connectivity index (χ2n) is 6.08. The monoisotopic (exact) mass is 406 g/mol. The molecule has 0 fully saturated rings. The van der Waals surface area contributed by atoms with E-state index in [9.17, 15) is 13.2 Å². The smallest absolute Gasteiger partial charge is 0.240 e. The first-order valence-electron chi connectivity index (χ1n) is 9.05. The Morgan fingerprint density at radius 1 is 1.04 bits per heavy atom. The van der Waals surface area contributed by atoms with E-state index < -0.39 is 10.0 Å². The maximum atomic E-state index is 12.2. The Kier molecular flexibility index (Phi) is 8.28. The number of para-hydroxylation sites is 1. The Balaban J connectivity index is 2.00. The Bertz CT molecular complexity index is 839. The topological polar surface area (TPSA) is 84.9 Å². The number of nitrogens with zero attached hydrogens (tertiary/aromatic N) is 1. The second kappa shape index (κ2) is 10.7. The van der Waals surface area contributed by atoms with Crippen molar-refractivity contribution in [3.05, 3.63) is 54.6 Å². The minimum absolute atomic E-state index is 0.285. The molecule has 2 aromatic carbocycles. The molecule has 0 bridgehead atoms. The lowest BCUT2D eigenvalue weighted by atomic mass is 10.3. The van der Waals surface area contributed by atoms with Crippen molar-refractivity contribution < 1.29 is 22.7 Å². The Morgan fingerprint density at radius 3 is 2.29 bits per heavy atom. The maximum absolute atomic E-state index is 12.2. The van der Waals surface area contributed by atoms with Gasteiger partial charge in [-0.2, -0.15) is 0 Å². The van der Waals surface area contributed by atoms with Crippen LogP contribution in [-0.4, -0.2) is 46.9 Å². The number of nitrogens with one attached hydrogen (secondary N) is 1. The molecule has 28 heavy (non-hydrogen) atoms. The summed E-state index contributed by atoms with van der Waals surface area (Å²) in [6.45, 7) is 3.22. The van der Waals surface area contributed by atoms with Gasteiger partial charge in [0.05, 0.1) is 11.9 Å². The van der Waals surface area contributed by atoms with Crippen molar-refractivity contribution in [1.29, 1.82) is 0 Å². The van der Waals surface area contributed by atoms with Gasteiger partial charge in [0, 0.05) is 19.8 Å². The van der Waals surface area contributed by atoms with E-state index in [1.807, 2.05) is 37.3 Å². The molecule has 0 heterocycles. The highest BCUT2D eigenvalue weighted by molar-refractivity contribution is 7.92. The predicted octanol–water partition coefficient (Wildman–Crippen LogP) is 2.79. The first kappa shape index (κ1) is 21.7. The minimum Gasteiger partial charge on any atom is -0.457 e. The number of sulfonamides is 1. The fourth-order valence-corrected chi connectivity index (χ4v) is 3.29. The number of amides is 1. The molecule has 0 radical (unpaired) electrons. The van der Waals surface area contributed by atoms with Crippen LogP contribution in [0.2, 0.25) is 0 Å². The summed E-state index contributed by atoms with van der Waals surface area (Å²) >= 11 is 0. The SMILES string of the molecule is CCOCCCNC(=O)CN(c1ccc(Oc2ccccc2)cc1)S(C)(=O)=O. The van der Waals surface area contributed by atoms with Gasteiger partial charge in [-0.15, -0.1) is 0 Å². The molecule has 0 aliphatic carbocycles. The third kappa shape index (κ3) is 7.21. The zero-order chi connectivity index (χ0) is 20.4. The number of hydrogen-bond donors (Lipinski definition) is 1. The number of carbonyl (C=O) groups is 1. The van der Waals surface area contributed by atoms with Crippen molar-refractivity contribution in [2.75, 3.05) is 36.9 Å². The van der Waals surface area contributed by atoms with E-state index in [0.717, 1.165) is 10.6 Å². The molecule has 8 heteroatoms. The summed E-state index contributed by atoms with van der Waals surface area (Å²) in [5.74, 6) is 0.886. The van der Waals surface area contributed by atoms with Gasteiger partial charge in [-0.25, -0.2) is 8.42 Å². The summed E-state index contributed by atoms with van der Waals surface area (Å²) in [5.41, 5.74) is 0.396. The molecule has 0 spiro atoms. The van der Waals surface area contributed by atoms with E-state index in [1.54, 1.807) is 24.3 Å². The van der Waals surface area contributed by atoms with Crippen LogP contribution in [0.5, 0.6) is 11.5 Å². The molecule has 2 aromatic rings. The molecular weight excluding hydrogens is 380 g/mol. The van der Waals surface area contributed by atoms with Crippen molar-refractivity contribution in [1.82, 2.24) is 5.32 Å². The van der Waals surface area contributed by atoms with Gasteiger partial charge in [-0.1, -0.05) is 18.2 Å². The Morgan fingerprint density at radius 2 is 1.68 bits per heavy atom. The van der Waals surface area contributed by atoms with Gasteiger partial charge < -0.3 is 14.8 Å². The first-order valence-corrected chi connectivity index (χ1v) is 10.9. The van der Waals surface area contributed by atoms with Crippen LogP contribution in [-0.2, 0) is 19.6 Å². The molecule has 152 valence electrons. The summed E-state index contributed by atoms with van der Waals surface area (Å²) in [6.07, 6.45) is 1.74. The average molecular weight is 407 g/mol. The average Bonchev–Trinajstić information content (AvgIpc) is 2.67. The third-order valence-electron chi connectivity index (χ3n) is 3.78. The lowest BCUT2D eigenvalue weighted by Crippen LogP contribution is -2.40. The number of anilines is 1. The van der Waals surface area contributed by atoms with E-state index in [-0.39, 0.29) is 12.5 Å². The predicted molar refractivity (Wildman–Crippen MR) is 109 cm³/mol. The zero-order valence-electron chi connectivity index (χ0n) is 16.1. The summed E-state index contributed by atoms with van der Waals surface area (Å²) in [6, 6.07) is 15.8. The number of benzene rings is 2. The molecule has 1 N–H and O–H groups in total. The number of rotatable bonds is 11. The Hall–Kier alpha value is -2.58. The van der Waals surface area contributed by atoms with Crippen molar-refractivity contribution in [2.24, 2.45) is 0 Å². The van der Waals surface area contributed by atoms with Crippen LogP contribution < -0.4 is 14.4 Å². The summed E-state index contributed by atoms with van der Waals surface area (Å²) in [4.78, 5) is 12.1. The zero-order valence-corrected chi connectivity index (χ0v) is 16.9. The largest absolute Gasteiger partial charge is 0.457 e. The van der Waals surface area contributed by atoms with Crippen LogP contribution in [0.3, 0.4) is 0 Å². The van der Waals surface area contributed by atoms with Gasteiger partial charge in [0.25, 0.3) is 0 Å². The molecule has 2 rings (SSSR count). The van der Waals surface area contributed by atoms with E-state index in [4.69, 9.17) is 9.47 Å². The molecule has 0 aliphatic rings. The van der Waals surface area contributed by atoms with E-state index in [0.29, 0.717) is 43.4 Å². The molecule has 0 saturated heterocycles. The van der Waals surface area contributed by atoms with E-state index in [2.05, 4.69) is 5.32 Å². The highest BCUT2D eigenvalue weighted by Gasteiger charge is 2.20. The molecule has 1 amide bonds. The van der Waals surface area contributed by atoms with Crippen molar-refractivity contribution >= 4 is 21.6 Å². The number of ether oxygens (including phenoxy) is 2. The van der Waals surface area contributed by atoms with Gasteiger partial charge in [-0.05, 0) is 49.7 Å². The van der Waals surface area contributed by atoms with E-state index in [1.165, 1.54) is 0 Å².